The van der Waals surface area contributed by atoms with Crippen LogP contribution in [0.4, 0.5) is 0 Å². The normalized spacial score (nSPS) is 18.9. The van der Waals surface area contributed by atoms with Gasteiger partial charge in [0.15, 0.2) is 24.6 Å². The van der Waals surface area contributed by atoms with Gasteiger partial charge in [0.25, 0.3) is 0 Å². The lowest BCUT2D eigenvalue weighted by atomic mass is 9.98. The van der Waals surface area contributed by atoms with Crippen molar-refractivity contribution in [3.8, 4) is 0 Å². The molecule has 0 radical (unpaired) electrons. The quantitative estimate of drug-likeness (QED) is 0.0228. The molecule has 12 heteroatoms. The standard InChI is InChI=1S/C65H102O12/c1-4-7-10-13-16-19-22-25-27-28-29-30-32-34-36-39-42-45-48-51-57(66)73-54-56(75-58(67)52-49-46-43-40-37-33-24-21-18-15-12-9-6-3)55-74-65-63(61(70)60(69)62(77-65)64(71)72)76-59(68)53-50-47-44-41-38-35-31-26-23-20-17-14-11-8-5-2/h8-9,11-12,16-21,25-27,31,33,37-38,41,43,46,56,60-63,65,69-70H,4-7,10,13-15,22-24,28-30,32,34-36,39-40,42,44-45,47-55H2,1-3H3,(H,71,72)/b11-8-,12-9-,19-16-,20-17-,21-18-,27-25-,31-26-,37-33-,41-38-,46-43-. The number of carboxylic acids is 1. The minimum Gasteiger partial charge on any atom is -0.479 e. The van der Waals surface area contributed by atoms with E-state index in [1.807, 2.05) is 12.2 Å². The first-order valence-electron chi connectivity index (χ1n) is 29.5. The molecule has 0 aliphatic carbocycles. The van der Waals surface area contributed by atoms with Gasteiger partial charge >= 0.3 is 23.9 Å². The van der Waals surface area contributed by atoms with Crippen LogP contribution in [-0.2, 0) is 42.9 Å². The Balaban J connectivity index is 2.74. The van der Waals surface area contributed by atoms with Gasteiger partial charge in [-0.05, 0) is 116 Å². The number of aliphatic carboxylic acids is 1. The molecule has 0 aromatic heterocycles. The summed E-state index contributed by atoms with van der Waals surface area (Å²) in [6, 6.07) is 0. The first-order chi connectivity index (χ1) is 37.6. The minimum atomic E-state index is -1.93. The molecule has 1 aliphatic rings. The maximum Gasteiger partial charge on any atom is 0.335 e. The van der Waals surface area contributed by atoms with Crippen molar-refractivity contribution in [2.45, 2.75) is 250 Å². The van der Waals surface area contributed by atoms with Crippen molar-refractivity contribution in [1.29, 1.82) is 0 Å². The molecule has 1 heterocycles. The number of rotatable bonds is 48. The molecule has 12 nitrogen and oxygen atoms in total. The summed E-state index contributed by atoms with van der Waals surface area (Å²) in [6.07, 6.45) is 59.1. The van der Waals surface area contributed by atoms with Gasteiger partial charge in [0, 0.05) is 19.3 Å². The Kier molecular flexibility index (Phi) is 47.2. The summed E-state index contributed by atoms with van der Waals surface area (Å²) in [5.41, 5.74) is 0. The van der Waals surface area contributed by atoms with E-state index >= 15 is 0 Å². The molecule has 1 aliphatic heterocycles. The Morgan fingerprint density at radius 3 is 1.32 bits per heavy atom. The highest BCUT2D eigenvalue weighted by Crippen LogP contribution is 2.26. The number of carbonyl (C=O) groups excluding carboxylic acids is 3. The van der Waals surface area contributed by atoms with Crippen molar-refractivity contribution < 1.29 is 58.2 Å². The highest BCUT2D eigenvalue weighted by atomic mass is 16.7. The molecule has 0 amide bonds. The maximum atomic E-state index is 13.1. The number of aliphatic hydroxyl groups is 2. The summed E-state index contributed by atoms with van der Waals surface area (Å²) in [5.74, 6) is -3.31. The van der Waals surface area contributed by atoms with E-state index in [0.717, 1.165) is 83.5 Å². The second-order valence-corrected chi connectivity index (χ2v) is 19.5. The van der Waals surface area contributed by atoms with Gasteiger partial charge in [-0.3, -0.25) is 14.4 Å². The second kappa shape index (κ2) is 51.9. The smallest absolute Gasteiger partial charge is 0.335 e. The number of aliphatic hydroxyl groups excluding tert-OH is 2. The lowest BCUT2D eigenvalue weighted by Crippen LogP contribution is -2.61. The Morgan fingerprint density at radius 1 is 0.442 bits per heavy atom. The van der Waals surface area contributed by atoms with Crippen LogP contribution in [0.2, 0.25) is 0 Å². The van der Waals surface area contributed by atoms with Gasteiger partial charge < -0.3 is 39.0 Å². The molecule has 0 aromatic carbocycles. The van der Waals surface area contributed by atoms with E-state index in [2.05, 4.69) is 130 Å². The third kappa shape index (κ3) is 41.8. The monoisotopic (exact) mass is 1070 g/mol. The van der Waals surface area contributed by atoms with Crippen LogP contribution < -0.4 is 0 Å². The van der Waals surface area contributed by atoms with E-state index in [-0.39, 0.29) is 25.9 Å². The Hall–Kier alpha value is -4.88. The van der Waals surface area contributed by atoms with Crippen molar-refractivity contribution in [2.24, 2.45) is 0 Å². The average Bonchev–Trinajstić information content (AvgIpc) is 3.42. The average molecular weight is 1080 g/mol. The number of unbranched alkanes of at least 4 members (excludes halogenated alkanes) is 14. The molecule has 0 bridgehead atoms. The highest BCUT2D eigenvalue weighted by molar-refractivity contribution is 5.74. The van der Waals surface area contributed by atoms with Crippen molar-refractivity contribution in [3.05, 3.63) is 122 Å². The molecule has 77 heavy (non-hydrogen) atoms. The molecule has 6 unspecified atom stereocenters. The summed E-state index contributed by atoms with van der Waals surface area (Å²) in [4.78, 5) is 51.1. The van der Waals surface area contributed by atoms with Crippen molar-refractivity contribution in [3.63, 3.8) is 0 Å². The van der Waals surface area contributed by atoms with Gasteiger partial charge in [-0.15, -0.1) is 0 Å². The Labute approximate surface area is 465 Å². The van der Waals surface area contributed by atoms with Crippen LogP contribution in [0.3, 0.4) is 0 Å². The number of allylic oxidation sites excluding steroid dienone is 20. The number of hydrogen-bond acceptors (Lipinski definition) is 11. The maximum absolute atomic E-state index is 13.1. The van der Waals surface area contributed by atoms with E-state index in [4.69, 9.17) is 23.7 Å². The van der Waals surface area contributed by atoms with Crippen molar-refractivity contribution in [2.75, 3.05) is 13.2 Å². The van der Waals surface area contributed by atoms with Crippen LogP contribution in [-0.4, -0.2) is 89.2 Å². The fourth-order valence-electron chi connectivity index (χ4n) is 8.05. The molecular formula is C65H102O12. The minimum absolute atomic E-state index is 0.00632. The first-order valence-corrected chi connectivity index (χ1v) is 29.5. The molecule has 0 spiro atoms. The van der Waals surface area contributed by atoms with Gasteiger partial charge in [-0.25, -0.2) is 4.79 Å². The van der Waals surface area contributed by atoms with Gasteiger partial charge in [-0.1, -0.05) is 200 Å². The van der Waals surface area contributed by atoms with E-state index in [9.17, 15) is 34.5 Å². The topological polar surface area (TPSA) is 175 Å². The SMILES string of the molecule is CC/C=C\C/C=C\C/C=C\C/C=C\CCCCC(=O)OC1C(OCC(COC(=O)CCCCCCCCCCC/C=C\C/C=C\CCCCC)OC(=O)CC/C=C\C/C=C\C/C=C\C/C=C\CC)OC(C(=O)O)C(O)C1O. The zero-order valence-corrected chi connectivity index (χ0v) is 47.7. The predicted octanol–water partition coefficient (Wildman–Crippen LogP) is 15.2. The third-order valence-corrected chi connectivity index (χ3v) is 12.5. The zero-order chi connectivity index (χ0) is 56.1. The fraction of sp³-hybridized carbons (Fsp3) is 0.631. The van der Waals surface area contributed by atoms with Gasteiger partial charge in [0.1, 0.15) is 18.8 Å². The van der Waals surface area contributed by atoms with E-state index < -0.39 is 67.3 Å². The van der Waals surface area contributed by atoms with Gasteiger partial charge in [0.2, 0.25) is 0 Å². The van der Waals surface area contributed by atoms with Crippen molar-refractivity contribution >= 4 is 23.9 Å². The van der Waals surface area contributed by atoms with Crippen LogP contribution in [0, 0.1) is 0 Å². The molecule has 0 aromatic rings. The lowest BCUT2D eigenvalue weighted by molar-refractivity contribution is -0.301. The number of esters is 3. The summed E-state index contributed by atoms with van der Waals surface area (Å²) in [7, 11) is 0. The highest BCUT2D eigenvalue weighted by Gasteiger charge is 2.50. The van der Waals surface area contributed by atoms with Gasteiger partial charge in [-0.2, -0.15) is 0 Å². The summed E-state index contributed by atoms with van der Waals surface area (Å²) >= 11 is 0. The van der Waals surface area contributed by atoms with Crippen LogP contribution in [0.5, 0.6) is 0 Å². The predicted molar refractivity (Wildman–Crippen MR) is 312 cm³/mol. The van der Waals surface area contributed by atoms with E-state index in [0.29, 0.717) is 32.1 Å². The largest absolute Gasteiger partial charge is 0.479 e. The number of carbonyl (C=O) groups is 4. The van der Waals surface area contributed by atoms with Crippen LogP contribution in [0.15, 0.2) is 122 Å². The number of carboxylic acid groups (broad SMARTS) is 1. The summed E-state index contributed by atoms with van der Waals surface area (Å²) < 4.78 is 28.3. The molecule has 3 N–H and O–H groups in total. The molecular weight excluding hydrogens is 973 g/mol. The zero-order valence-electron chi connectivity index (χ0n) is 47.7. The Morgan fingerprint density at radius 2 is 0.844 bits per heavy atom. The van der Waals surface area contributed by atoms with Crippen LogP contribution in [0.1, 0.15) is 213 Å². The van der Waals surface area contributed by atoms with Crippen molar-refractivity contribution in [1.82, 2.24) is 0 Å². The fourth-order valence-corrected chi connectivity index (χ4v) is 8.05. The molecule has 1 saturated heterocycles. The molecule has 434 valence electrons. The molecule has 1 fully saturated rings. The van der Waals surface area contributed by atoms with Gasteiger partial charge in [0.05, 0.1) is 6.61 Å². The summed E-state index contributed by atoms with van der Waals surface area (Å²) in [6.45, 7) is 5.64. The van der Waals surface area contributed by atoms with Crippen LogP contribution >= 0.6 is 0 Å². The lowest BCUT2D eigenvalue weighted by Gasteiger charge is -2.40. The number of hydrogen-bond donors (Lipinski definition) is 3. The third-order valence-electron chi connectivity index (χ3n) is 12.5. The Bertz CT molecular complexity index is 1800. The molecule has 6 atom stereocenters. The van der Waals surface area contributed by atoms with Crippen LogP contribution in [0.25, 0.3) is 0 Å². The van der Waals surface area contributed by atoms with E-state index in [1.54, 1.807) is 0 Å². The first kappa shape index (κ1) is 70.1. The summed E-state index contributed by atoms with van der Waals surface area (Å²) in [5, 5.41) is 31.4. The number of ether oxygens (including phenoxy) is 5. The van der Waals surface area contributed by atoms with E-state index in [1.165, 1.54) is 57.8 Å². The molecule has 1 rings (SSSR count). The second-order valence-electron chi connectivity index (χ2n) is 19.5. The molecule has 0 saturated carbocycles.